The number of aromatic hydroxyl groups is 1. The summed E-state index contributed by atoms with van der Waals surface area (Å²) in [4.78, 5) is 12.1. The summed E-state index contributed by atoms with van der Waals surface area (Å²) in [5.41, 5.74) is 1.58. The Labute approximate surface area is 177 Å². The second-order valence-corrected chi connectivity index (χ2v) is 8.44. The average molecular weight is 426 g/mol. The van der Waals surface area contributed by atoms with Crippen molar-refractivity contribution in [1.29, 1.82) is 0 Å². The van der Waals surface area contributed by atoms with E-state index in [-0.39, 0.29) is 5.75 Å². The highest BCUT2D eigenvalue weighted by Crippen LogP contribution is 2.32. The van der Waals surface area contributed by atoms with Gasteiger partial charge in [0.25, 0.3) is 0 Å². The highest BCUT2D eigenvalue weighted by Gasteiger charge is 2.18. The molecule has 7 nitrogen and oxygen atoms in total. The lowest BCUT2D eigenvalue weighted by molar-refractivity contribution is 0.466. The lowest BCUT2D eigenvalue weighted by atomic mass is 10.1. The number of fused-ring (bicyclic) bond motifs is 1. The summed E-state index contributed by atoms with van der Waals surface area (Å²) in [6, 6.07) is 8.59. The van der Waals surface area contributed by atoms with Gasteiger partial charge in [-0.15, -0.1) is 10.2 Å². The van der Waals surface area contributed by atoms with Crippen LogP contribution < -0.4 is 5.63 Å². The molecule has 0 atom stereocenters. The Morgan fingerprint density at radius 1 is 1.20 bits per heavy atom. The minimum atomic E-state index is -0.443. The molecule has 30 heavy (non-hydrogen) atoms. The Morgan fingerprint density at radius 2 is 2.03 bits per heavy atom. The molecule has 0 saturated heterocycles. The summed E-state index contributed by atoms with van der Waals surface area (Å²) >= 11 is 1.51. The molecule has 0 bridgehead atoms. The Bertz CT molecular complexity index is 1230. The second-order valence-electron chi connectivity index (χ2n) is 7.50. The highest BCUT2D eigenvalue weighted by molar-refractivity contribution is 7.98. The first-order chi connectivity index (χ1) is 14.5. The van der Waals surface area contributed by atoms with Crippen LogP contribution in [-0.4, -0.2) is 19.9 Å². The predicted octanol–water partition coefficient (Wildman–Crippen LogP) is 4.86. The van der Waals surface area contributed by atoms with Crippen LogP contribution in [0.1, 0.15) is 31.9 Å². The van der Waals surface area contributed by atoms with E-state index in [4.69, 9.17) is 8.83 Å². The topological polar surface area (TPSA) is 94.3 Å². The number of rotatable bonds is 7. The largest absolute Gasteiger partial charge is 0.508 e. The van der Waals surface area contributed by atoms with Gasteiger partial charge < -0.3 is 13.9 Å². The molecule has 0 aliphatic rings. The van der Waals surface area contributed by atoms with Gasteiger partial charge in [0.15, 0.2) is 16.7 Å². The summed E-state index contributed by atoms with van der Waals surface area (Å²) in [5, 5.41) is 20.4. The normalized spacial score (nSPS) is 11.6. The van der Waals surface area contributed by atoms with Crippen molar-refractivity contribution in [3.05, 3.63) is 58.1 Å². The van der Waals surface area contributed by atoms with E-state index >= 15 is 0 Å². The van der Waals surface area contributed by atoms with Crippen molar-refractivity contribution >= 4 is 22.7 Å². The summed E-state index contributed by atoms with van der Waals surface area (Å²) in [7, 11) is 0. The van der Waals surface area contributed by atoms with Gasteiger partial charge in [0.05, 0.1) is 6.26 Å². The molecule has 0 amide bonds. The molecule has 3 heterocycles. The Hall–Kier alpha value is -3.00. The van der Waals surface area contributed by atoms with E-state index in [0.717, 1.165) is 28.2 Å². The predicted molar refractivity (Wildman–Crippen MR) is 116 cm³/mol. The molecule has 1 N–H and O–H groups in total. The molecule has 0 spiro atoms. The maximum Gasteiger partial charge on any atom is 0.336 e. The molecule has 4 aromatic rings. The maximum absolute atomic E-state index is 12.1. The van der Waals surface area contributed by atoms with Crippen molar-refractivity contribution in [2.24, 2.45) is 5.92 Å². The van der Waals surface area contributed by atoms with Crippen molar-refractivity contribution in [2.45, 2.75) is 44.6 Å². The van der Waals surface area contributed by atoms with Crippen LogP contribution in [0.5, 0.6) is 5.75 Å². The van der Waals surface area contributed by atoms with Crippen LogP contribution in [0.3, 0.4) is 0 Å². The van der Waals surface area contributed by atoms with Gasteiger partial charge in [-0.05, 0) is 41.7 Å². The van der Waals surface area contributed by atoms with Crippen molar-refractivity contribution < 1.29 is 13.9 Å². The molecule has 0 saturated carbocycles. The fourth-order valence-corrected chi connectivity index (χ4v) is 4.30. The smallest absolute Gasteiger partial charge is 0.336 e. The quantitative estimate of drug-likeness (QED) is 0.334. The second kappa shape index (κ2) is 8.39. The molecule has 0 radical (unpaired) electrons. The van der Waals surface area contributed by atoms with Crippen LogP contribution in [0, 0.1) is 5.92 Å². The zero-order valence-electron chi connectivity index (χ0n) is 17.1. The monoisotopic (exact) mass is 425 g/mol. The molecule has 0 fully saturated rings. The molecule has 3 aromatic heterocycles. The molecular weight excluding hydrogens is 402 g/mol. The third-order valence-corrected chi connectivity index (χ3v) is 5.79. The number of benzene rings is 1. The van der Waals surface area contributed by atoms with E-state index in [0.29, 0.717) is 35.3 Å². The zero-order chi connectivity index (χ0) is 21.3. The molecule has 0 aliphatic carbocycles. The Morgan fingerprint density at radius 3 is 2.73 bits per heavy atom. The lowest BCUT2D eigenvalue weighted by Gasteiger charge is -2.12. The van der Waals surface area contributed by atoms with Gasteiger partial charge in [0, 0.05) is 29.8 Å². The van der Waals surface area contributed by atoms with Gasteiger partial charge in [0.2, 0.25) is 0 Å². The van der Waals surface area contributed by atoms with E-state index in [1.807, 2.05) is 29.7 Å². The molecule has 4 rings (SSSR count). The van der Waals surface area contributed by atoms with E-state index in [9.17, 15) is 9.90 Å². The van der Waals surface area contributed by atoms with Crippen molar-refractivity contribution in [2.75, 3.05) is 0 Å². The van der Waals surface area contributed by atoms with Crippen LogP contribution in [0.15, 0.2) is 55.4 Å². The highest BCUT2D eigenvalue weighted by atomic mass is 32.2. The van der Waals surface area contributed by atoms with Crippen molar-refractivity contribution in [1.82, 2.24) is 14.8 Å². The number of phenolic OH excluding ortho intramolecular Hbond substituents is 1. The third kappa shape index (κ3) is 4.00. The minimum Gasteiger partial charge on any atom is -0.508 e. The van der Waals surface area contributed by atoms with E-state index < -0.39 is 5.63 Å². The SMILES string of the molecule is CCc1cc2c(CSc3nnc(-c4ccco4)n3CC(C)C)cc(=O)oc2cc1O. The average Bonchev–Trinajstić information content (AvgIpc) is 3.35. The van der Waals surface area contributed by atoms with Crippen LogP contribution >= 0.6 is 11.8 Å². The summed E-state index contributed by atoms with van der Waals surface area (Å²) in [5.74, 6) is 2.41. The van der Waals surface area contributed by atoms with Gasteiger partial charge >= 0.3 is 5.63 Å². The van der Waals surface area contributed by atoms with Crippen molar-refractivity contribution in [3.8, 4) is 17.3 Å². The van der Waals surface area contributed by atoms with Crippen LogP contribution in [0.25, 0.3) is 22.6 Å². The summed E-state index contributed by atoms with van der Waals surface area (Å²) < 4.78 is 12.9. The number of hydrogen-bond donors (Lipinski definition) is 1. The fourth-order valence-electron chi connectivity index (χ4n) is 3.37. The molecule has 156 valence electrons. The molecule has 0 aliphatic heterocycles. The molecule has 0 unspecified atom stereocenters. The number of aryl methyl sites for hydroxylation is 1. The number of phenols is 1. The van der Waals surface area contributed by atoms with Gasteiger partial charge in [-0.3, -0.25) is 4.57 Å². The Kier molecular flexibility index (Phi) is 5.67. The summed E-state index contributed by atoms with van der Waals surface area (Å²) in [6.07, 6.45) is 2.30. The third-order valence-electron chi connectivity index (χ3n) is 4.77. The van der Waals surface area contributed by atoms with Crippen LogP contribution in [0.2, 0.25) is 0 Å². The minimum absolute atomic E-state index is 0.137. The zero-order valence-corrected chi connectivity index (χ0v) is 17.9. The molecule has 1 aromatic carbocycles. The first-order valence-corrected chi connectivity index (χ1v) is 10.8. The number of aromatic nitrogens is 3. The summed E-state index contributed by atoms with van der Waals surface area (Å²) in [6.45, 7) is 6.99. The molecule has 8 heteroatoms. The van der Waals surface area contributed by atoms with Gasteiger partial charge in [-0.25, -0.2) is 4.79 Å². The van der Waals surface area contributed by atoms with Gasteiger partial charge in [0.1, 0.15) is 11.3 Å². The fraction of sp³-hybridized carbons (Fsp3) is 0.318. The maximum atomic E-state index is 12.1. The van der Waals surface area contributed by atoms with Crippen LogP contribution in [0.4, 0.5) is 0 Å². The molecular formula is C22H23N3O4S. The lowest BCUT2D eigenvalue weighted by Crippen LogP contribution is -2.08. The van der Waals surface area contributed by atoms with E-state index in [1.54, 1.807) is 6.26 Å². The number of furan rings is 1. The first kappa shape index (κ1) is 20.3. The standard InChI is InChI=1S/C22H23N3O4S/c1-4-14-8-16-15(9-20(27)29-19(16)10-17(14)26)12-30-22-24-23-21(18-6-5-7-28-18)25(22)11-13(2)3/h5-10,13,26H,4,11-12H2,1-3H3. The van der Waals surface area contributed by atoms with E-state index in [1.165, 1.54) is 23.9 Å². The van der Waals surface area contributed by atoms with Crippen LogP contribution in [-0.2, 0) is 18.7 Å². The van der Waals surface area contributed by atoms with E-state index in [2.05, 4.69) is 24.0 Å². The number of thioether (sulfide) groups is 1. The van der Waals surface area contributed by atoms with Gasteiger partial charge in [-0.2, -0.15) is 0 Å². The van der Waals surface area contributed by atoms with Crippen molar-refractivity contribution in [3.63, 3.8) is 0 Å². The number of hydrogen-bond acceptors (Lipinski definition) is 7. The first-order valence-electron chi connectivity index (χ1n) is 9.84. The van der Waals surface area contributed by atoms with Gasteiger partial charge in [-0.1, -0.05) is 32.5 Å². The Balaban J connectivity index is 1.70. The number of nitrogens with zero attached hydrogens (tertiary/aromatic N) is 3.